The highest BCUT2D eigenvalue weighted by molar-refractivity contribution is 5.83. The number of rotatable bonds is 5. The first-order chi connectivity index (χ1) is 12.7. The summed E-state index contributed by atoms with van der Waals surface area (Å²) in [4.78, 5) is 18.1. The fraction of sp³-hybridized carbons (Fsp3) is 0.400. The summed E-state index contributed by atoms with van der Waals surface area (Å²) >= 11 is 0. The lowest BCUT2D eigenvalue weighted by atomic mass is 10.0. The number of hydrogen-bond donors (Lipinski definition) is 2. The topological polar surface area (TPSA) is 66.0 Å². The SMILES string of the molecule is Cn1nccc1[C@H]1[C@H](NCc2cccc3cc[nH]c23)CC(=O)N1C1CC1. The van der Waals surface area contributed by atoms with Crippen LogP contribution in [0.2, 0.25) is 0 Å². The Labute approximate surface area is 152 Å². The van der Waals surface area contributed by atoms with Gasteiger partial charge in [-0.15, -0.1) is 0 Å². The summed E-state index contributed by atoms with van der Waals surface area (Å²) < 4.78 is 1.90. The first kappa shape index (κ1) is 15.6. The van der Waals surface area contributed by atoms with Crippen molar-refractivity contribution < 1.29 is 4.79 Å². The van der Waals surface area contributed by atoms with Crippen LogP contribution in [0.1, 0.15) is 36.6 Å². The van der Waals surface area contributed by atoms with Crippen LogP contribution < -0.4 is 5.32 Å². The van der Waals surface area contributed by atoms with Gasteiger partial charge in [0, 0.05) is 50.0 Å². The zero-order valence-electron chi connectivity index (χ0n) is 14.9. The first-order valence-electron chi connectivity index (χ1n) is 9.30. The summed E-state index contributed by atoms with van der Waals surface area (Å²) in [7, 11) is 1.96. The van der Waals surface area contributed by atoms with Crippen molar-refractivity contribution in [3.8, 4) is 0 Å². The summed E-state index contributed by atoms with van der Waals surface area (Å²) in [5, 5.41) is 9.22. The van der Waals surface area contributed by atoms with Gasteiger partial charge in [0.25, 0.3) is 0 Å². The molecule has 0 bridgehead atoms. The van der Waals surface area contributed by atoms with Crippen molar-refractivity contribution in [3.05, 3.63) is 54.0 Å². The van der Waals surface area contributed by atoms with Gasteiger partial charge < -0.3 is 15.2 Å². The largest absolute Gasteiger partial charge is 0.361 e. The van der Waals surface area contributed by atoms with Crippen molar-refractivity contribution in [3.63, 3.8) is 0 Å². The van der Waals surface area contributed by atoms with Crippen LogP contribution >= 0.6 is 0 Å². The second-order valence-electron chi connectivity index (χ2n) is 7.41. The number of carbonyl (C=O) groups is 1. The van der Waals surface area contributed by atoms with E-state index >= 15 is 0 Å². The number of aryl methyl sites for hydroxylation is 1. The summed E-state index contributed by atoms with van der Waals surface area (Å²) in [5.41, 5.74) is 3.51. The van der Waals surface area contributed by atoms with Crippen LogP contribution in [0.15, 0.2) is 42.7 Å². The van der Waals surface area contributed by atoms with E-state index in [4.69, 9.17) is 0 Å². The van der Waals surface area contributed by atoms with E-state index in [0.717, 1.165) is 25.1 Å². The second-order valence-corrected chi connectivity index (χ2v) is 7.41. The van der Waals surface area contributed by atoms with Gasteiger partial charge in [0.2, 0.25) is 5.91 Å². The molecular weight excluding hydrogens is 326 g/mol. The standard InChI is InChI=1S/C20H23N5O/c1-24-17(8-10-23-24)20-16(11-18(26)25(20)15-5-6-15)22-12-14-4-2-3-13-7-9-21-19(13)14/h2-4,7-10,15-16,20-22H,5-6,11-12H2,1H3/t16-,20-/m1/s1. The molecule has 2 aliphatic rings. The molecule has 6 heteroatoms. The second kappa shape index (κ2) is 5.99. The lowest BCUT2D eigenvalue weighted by Crippen LogP contribution is -2.38. The Hall–Kier alpha value is -2.60. The molecule has 6 nitrogen and oxygen atoms in total. The van der Waals surface area contributed by atoms with Gasteiger partial charge in [-0.25, -0.2) is 0 Å². The number of aromatic nitrogens is 3. The van der Waals surface area contributed by atoms with E-state index in [2.05, 4.69) is 44.6 Å². The molecule has 1 saturated heterocycles. The lowest BCUT2D eigenvalue weighted by molar-refractivity contribution is -0.129. The molecule has 1 saturated carbocycles. The van der Waals surface area contributed by atoms with Gasteiger partial charge >= 0.3 is 0 Å². The molecule has 1 aliphatic carbocycles. The van der Waals surface area contributed by atoms with E-state index in [0.29, 0.717) is 12.5 Å². The Kier molecular flexibility index (Phi) is 3.60. The smallest absolute Gasteiger partial charge is 0.225 e. The van der Waals surface area contributed by atoms with E-state index in [1.807, 2.05) is 30.2 Å². The van der Waals surface area contributed by atoms with Crippen LogP contribution in [0, 0.1) is 0 Å². The molecule has 5 rings (SSSR count). The fourth-order valence-electron chi connectivity index (χ4n) is 4.28. The third-order valence-electron chi connectivity index (χ3n) is 5.69. The van der Waals surface area contributed by atoms with Gasteiger partial charge in [0.05, 0.1) is 11.7 Å². The molecule has 0 spiro atoms. The van der Waals surface area contributed by atoms with Crippen LogP contribution in [0.25, 0.3) is 10.9 Å². The van der Waals surface area contributed by atoms with E-state index in [1.165, 1.54) is 16.5 Å². The average molecular weight is 349 g/mol. The molecule has 0 radical (unpaired) electrons. The van der Waals surface area contributed by atoms with Crippen LogP contribution in [0.5, 0.6) is 0 Å². The van der Waals surface area contributed by atoms with Gasteiger partial charge in [-0.1, -0.05) is 18.2 Å². The molecular formula is C20H23N5O. The fourth-order valence-corrected chi connectivity index (χ4v) is 4.28. The Morgan fingerprint density at radius 2 is 2.15 bits per heavy atom. The Morgan fingerprint density at radius 3 is 2.92 bits per heavy atom. The van der Waals surface area contributed by atoms with Gasteiger partial charge in [-0.3, -0.25) is 9.48 Å². The van der Waals surface area contributed by atoms with Gasteiger partial charge in [-0.05, 0) is 35.9 Å². The number of aromatic amines is 1. The first-order valence-corrected chi connectivity index (χ1v) is 9.30. The van der Waals surface area contributed by atoms with E-state index in [9.17, 15) is 4.79 Å². The molecule has 2 atom stereocenters. The maximum Gasteiger partial charge on any atom is 0.225 e. The van der Waals surface area contributed by atoms with Gasteiger partial charge in [0.15, 0.2) is 0 Å². The highest BCUT2D eigenvalue weighted by Gasteiger charge is 2.48. The highest BCUT2D eigenvalue weighted by Crippen LogP contribution is 2.41. The van der Waals surface area contributed by atoms with Crippen molar-refractivity contribution in [1.29, 1.82) is 0 Å². The predicted molar refractivity (Wildman–Crippen MR) is 99.4 cm³/mol. The molecule has 26 heavy (non-hydrogen) atoms. The molecule has 2 N–H and O–H groups in total. The number of benzene rings is 1. The maximum absolute atomic E-state index is 12.7. The summed E-state index contributed by atoms with van der Waals surface area (Å²) in [6, 6.07) is 11.0. The van der Waals surface area contributed by atoms with Crippen molar-refractivity contribution in [2.24, 2.45) is 7.05 Å². The van der Waals surface area contributed by atoms with E-state index in [1.54, 1.807) is 0 Å². The van der Waals surface area contributed by atoms with Crippen LogP contribution in [-0.2, 0) is 18.4 Å². The maximum atomic E-state index is 12.7. The van der Waals surface area contributed by atoms with Crippen molar-refractivity contribution in [2.45, 2.75) is 43.9 Å². The predicted octanol–water partition coefficient (Wildman–Crippen LogP) is 2.50. The van der Waals surface area contributed by atoms with Crippen molar-refractivity contribution in [1.82, 2.24) is 25.0 Å². The van der Waals surface area contributed by atoms with Gasteiger partial charge in [-0.2, -0.15) is 5.10 Å². The number of para-hydroxylation sites is 1. The molecule has 0 unspecified atom stereocenters. The van der Waals surface area contributed by atoms with Crippen LogP contribution in [0.4, 0.5) is 0 Å². The minimum atomic E-state index is 0.0605. The Bertz CT molecular complexity index is 954. The molecule has 3 heterocycles. The number of amides is 1. The van der Waals surface area contributed by atoms with Crippen LogP contribution in [0.3, 0.4) is 0 Å². The molecule has 3 aromatic rings. The Morgan fingerprint density at radius 1 is 1.27 bits per heavy atom. The number of H-pyrrole nitrogens is 1. The minimum absolute atomic E-state index is 0.0605. The van der Waals surface area contributed by atoms with Crippen LogP contribution in [-0.4, -0.2) is 37.7 Å². The average Bonchev–Trinajstić information content (AvgIpc) is 3.04. The van der Waals surface area contributed by atoms with E-state index in [-0.39, 0.29) is 18.0 Å². The number of nitrogens with zero attached hydrogens (tertiary/aromatic N) is 3. The third kappa shape index (κ3) is 2.52. The summed E-state index contributed by atoms with van der Waals surface area (Å²) in [5.74, 6) is 0.259. The van der Waals surface area contributed by atoms with E-state index < -0.39 is 0 Å². The quantitative estimate of drug-likeness (QED) is 0.744. The summed E-state index contributed by atoms with van der Waals surface area (Å²) in [6.45, 7) is 0.739. The van der Waals surface area contributed by atoms with Gasteiger partial charge in [0.1, 0.15) is 0 Å². The number of nitrogens with one attached hydrogen (secondary N) is 2. The molecule has 1 aliphatic heterocycles. The molecule has 134 valence electrons. The number of likely N-dealkylation sites (tertiary alicyclic amines) is 1. The summed E-state index contributed by atoms with van der Waals surface area (Å²) in [6.07, 6.45) is 6.58. The molecule has 2 fully saturated rings. The third-order valence-corrected chi connectivity index (χ3v) is 5.69. The highest BCUT2D eigenvalue weighted by atomic mass is 16.2. The zero-order valence-corrected chi connectivity index (χ0v) is 14.9. The monoisotopic (exact) mass is 349 g/mol. The lowest BCUT2D eigenvalue weighted by Gasteiger charge is -2.29. The molecule has 2 aromatic heterocycles. The molecule has 1 amide bonds. The number of carbonyl (C=O) groups excluding carboxylic acids is 1. The normalized spacial score (nSPS) is 23.3. The number of hydrogen-bond acceptors (Lipinski definition) is 3. The van der Waals surface area contributed by atoms with Crippen molar-refractivity contribution >= 4 is 16.8 Å². The Balaban J connectivity index is 1.42. The molecule has 1 aromatic carbocycles. The minimum Gasteiger partial charge on any atom is -0.361 e. The van der Waals surface area contributed by atoms with Crippen molar-refractivity contribution in [2.75, 3.05) is 0 Å². The zero-order chi connectivity index (χ0) is 17.7. The number of fused-ring (bicyclic) bond motifs is 1.